The first-order valence-electron chi connectivity index (χ1n) is 17.0. The zero-order valence-electron chi connectivity index (χ0n) is 30.3. The summed E-state index contributed by atoms with van der Waals surface area (Å²) in [5.74, 6) is -0.899. The molecule has 0 fully saturated rings. The van der Waals surface area contributed by atoms with Gasteiger partial charge in [-0.15, -0.1) is 0 Å². The molecule has 5 atom stereocenters. The highest BCUT2D eigenvalue weighted by Crippen LogP contribution is 2.17. The van der Waals surface area contributed by atoms with Gasteiger partial charge in [-0.25, -0.2) is 9.59 Å². The van der Waals surface area contributed by atoms with Crippen molar-refractivity contribution in [1.82, 2.24) is 20.9 Å². The molecule has 0 radical (unpaired) electrons. The van der Waals surface area contributed by atoms with E-state index in [4.69, 9.17) is 9.47 Å². The number of ether oxygens (including phenoxy) is 2. The summed E-state index contributed by atoms with van der Waals surface area (Å²) in [7, 11) is 3.98. The van der Waals surface area contributed by atoms with Crippen molar-refractivity contribution < 1.29 is 34.1 Å². The fraction of sp³-hybridized carbons (Fsp3) is 0.462. The summed E-state index contributed by atoms with van der Waals surface area (Å²) in [5.41, 5.74) is 2.76. The second-order valence-electron chi connectivity index (χ2n) is 14.2. The predicted molar refractivity (Wildman–Crippen MR) is 193 cm³/mol. The molecule has 0 spiro atoms. The predicted octanol–water partition coefficient (Wildman–Crippen LogP) is 4.58. The Balaban J connectivity index is 1.77. The summed E-state index contributed by atoms with van der Waals surface area (Å²) in [5, 5.41) is 31.6. The van der Waals surface area contributed by atoms with Crippen LogP contribution >= 0.6 is 0 Å². The van der Waals surface area contributed by atoms with Crippen LogP contribution in [0.2, 0.25) is 0 Å². The highest BCUT2D eigenvalue weighted by atomic mass is 16.6. The maximum atomic E-state index is 13.8. The van der Waals surface area contributed by atoms with E-state index in [0.29, 0.717) is 0 Å². The van der Waals surface area contributed by atoms with Gasteiger partial charge in [-0.05, 0) is 75.9 Å². The van der Waals surface area contributed by atoms with Crippen molar-refractivity contribution >= 4 is 18.1 Å². The first-order chi connectivity index (χ1) is 23.6. The highest BCUT2D eigenvalue weighted by molar-refractivity contribution is 5.86. The van der Waals surface area contributed by atoms with Crippen LogP contribution in [0.4, 0.5) is 9.59 Å². The van der Waals surface area contributed by atoms with Crippen molar-refractivity contribution in [2.75, 3.05) is 14.1 Å². The van der Waals surface area contributed by atoms with Crippen molar-refractivity contribution in [3.05, 3.63) is 107 Å². The summed E-state index contributed by atoms with van der Waals surface area (Å²) < 4.78 is 10.9. The number of nitrogens with one attached hydrogen (secondary N) is 3. The first kappa shape index (κ1) is 40.0. The monoisotopic (exact) mass is 690 g/mol. The van der Waals surface area contributed by atoms with E-state index < -0.39 is 54.0 Å². The molecule has 0 heterocycles. The average molecular weight is 691 g/mol. The minimum atomic E-state index is -1.53. The largest absolute Gasteiger partial charge is 0.445 e. The molecule has 0 aliphatic carbocycles. The summed E-state index contributed by atoms with van der Waals surface area (Å²) in [6.07, 6.45) is -4.21. The van der Waals surface area contributed by atoms with Crippen LogP contribution in [0.5, 0.6) is 0 Å². The highest BCUT2D eigenvalue weighted by Gasteiger charge is 2.37. The van der Waals surface area contributed by atoms with Crippen molar-refractivity contribution in [3.8, 4) is 0 Å². The van der Waals surface area contributed by atoms with Crippen molar-refractivity contribution in [2.24, 2.45) is 5.92 Å². The Labute approximate surface area is 296 Å². The topological polar surface area (TPSA) is 149 Å². The molecular formula is C39H54N4O7. The number of alkyl carbamates (subject to hydrolysis) is 2. The molecule has 3 rings (SSSR count). The molecule has 11 nitrogen and oxygen atoms in total. The normalized spacial score (nSPS) is 14.6. The first-order valence-corrected chi connectivity index (χ1v) is 17.0. The van der Waals surface area contributed by atoms with Gasteiger partial charge in [-0.2, -0.15) is 0 Å². The molecule has 272 valence electrons. The van der Waals surface area contributed by atoms with E-state index in [0.717, 1.165) is 28.8 Å². The number of benzene rings is 3. The molecule has 0 aromatic heterocycles. The van der Waals surface area contributed by atoms with E-state index in [1.165, 1.54) is 0 Å². The van der Waals surface area contributed by atoms with Crippen LogP contribution in [0.15, 0.2) is 84.9 Å². The van der Waals surface area contributed by atoms with Gasteiger partial charge in [0.25, 0.3) is 0 Å². The lowest BCUT2D eigenvalue weighted by Crippen LogP contribution is -2.60. The number of aliphatic hydroxyl groups is 2. The van der Waals surface area contributed by atoms with Gasteiger partial charge in [0.2, 0.25) is 5.91 Å². The van der Waals surface area contributed by atoms with Crippen LogP contribution in [-0.2, 0) is 40.3 Å². The SMILES string of the molecule is CC(C)[C@H](NC(=O)OCc1ccc(CN(C)C)cc1)C(=O)NC(Cc1ccccc1)C(O)C(O)C(Cc1ccccc1)NC(=O)OC(C)(C)C. The van der Waals surface area contributed by atoms with Gasteiger partial charge in [0.1, 0.15) is 30.5 Å². The number of hydrogen-bond donors (Lipinski definition) is 5. The van der Waals surface area contributed by atoms with E-state index in [-0.39, 0.29) is 25.4 Å². The van der Waals surface area contributed by atoms with Crippen LogP contribution in [0, 0.1) is 5.92 Å². The Hall–Kier alpha value is -4.45. The van der Waals surface area contributed by atoms with E-state index in [1.807, 2.05) is 99.0 Å². The molecule has 50 heavy (non-hydrogen) atoms. The molecular weight excluding hydrogens is 636 g/mol. The number of hydrogen-bond acceptors (Lipinski definition) is 8. The minimum absolute atomic E-state index is 0.0233. The van der Waals surface area contributed by atoms with Crippen LogP contribution in [0.1, 0.15) is 56.9 Å². The lowest BCUT2D eigenvalue weighted by Gasteiger charge is -2.34. The third-order valence-corrected chi connectivity index (χ3v) is 7.92. The van der Waals surface area contributed by atoms with Crippen molar-refractivity contribution in [3.63, 3.8) is 0 Å². The number of amides is 3. The van der Waals surface area contributed by atoms with E-state index in [1.54, 1.807) is 34.6 Å². The molecule has 3 aromatic rings. The maximum Gasteiger partial charge on any atom is 0.408 e. The molecule has 0 bridgehead atoms. The second-order valence-corrected chi connectivity index (χ2v) is 14.2. The zero-order valence-corrected chi connectivity index (χ0v) is 30.3. The molecule has 3 amide bonds. The van der Waals surface area contributed by atoms with Gasteiger partial charge in [0.15, 0.2) is 0 Å². The Morgan fingerprint density at radius 2 is 1.16 bits per heavy atom. The molecule has 0 aliphatic rings. The van der Waals surface area contributed by atoms with Crippen molar-refractivity contribution in [2.45, 2.75) is 96.5 Å². The smallest absolute Gasteiger partial charge is 0.408 e. The zero-order chi connectivity index (χ0) is 36.8. The lowest BCUT2D eigenvalue weighted by molar-refractivity contribution is -0.126. The Bertz CT molecular complexity index is 1480. The van der Waals surface area contributed by atoms with Gasteiger partial charge in [0.05, 0.1) is 12.1 Å². The third kappa shape index (κ3) is 13.8. The van der Waals surface area contributed by atoms with Crippen LogP contribution in [-0.4, -0.2) is 83.2 Å². The third-order valence-electron chi connectivity index (χ3n) is 7.92. The fourth-order valence-corrected chi connectivity index (χ4v) is 5.42. The number of carbonyl (C=O) groups is 3. The van der Waals surface area contributed by atoms with E-state index in [9.17, 15) is 24.6 Å². The Morgan fingerprint density at radius 3 is 1.62 bits per heavy atom. The molecule has 5 N–H and O–H groups in total. The molecule has 0 saturated heterocycles. The van der Waals surface area contributed by atoms with E-state index >= 15 is 0 Å². The number of aliphatic hydroxyl groups excluding tert-OH is 2. The molecule has 0 saturated carbocycles. The summed E-state index contributed by atoms with van der Waals surface area (Å²) in [6.45, 7) is 9.57. The summed E-state index contributed by atoms with van der Waals surface area (Å²) in [6, 6.07) is 23.2. The summed E-state index contributed by atoms with van der Waals surface area (Å²) in [4.78, 5) is 41.5. The van der Waals surface area contributed by atoms with E-state index in [2.05, 4.69) is 20.9 Å². The van der Waals surface area contributed by atoms with Gasteiger partial charge in [-0.3, -0.25) is 4.79 Å². The number of rotatable bonds is 16. The van der Waals surface area contributed by atoms with Crippen molar-refractivity contribution in [1.29, 1.82) is 0 Å². The van der Waals surface area contributed by atoms with Gasteiger partial charge in [-0.1, -0.05) is 98.8 Å². The standard InChI is InChI=1S/C39H54N4O7/c1-26(2)33(42-37(47)49-25-30-20-18-29(19-21-30)24-43(6)7)36(46)40-31(22-27-14-10-8-11-15-27)34(44)35(45)32(23-28-16-12-9-13-17-28)41-38(48)50-39(3,4)5/h8-21,26,31-35,44-45H,22-25H2,1-7H3,(H,40,46)(H,41,48)(H,42,47)/t31?,32?,33-,34?,35?/m0/s1. The molecule has 4 unspecified atom stereocenters. The fourth-order valence-electron chi connectivity index (χ4n) is 5.42. The lowest BCUT2D eigenvalue weighted by atomic mass is 9.90. The van der Waals surface area contributed by atoms with Gasteiger partial charge >= 0.3 is 12.2 Å². The Kier molecular flexibility index (Phi) is 15.3. The second kappa shape index (κ2) is 19.1. The molecule has 0 aliphatic heterocycles. The molecule has 11 heteroatoms. The van der Waals surface area contributed by atoms with Gasteiger partial charge in [0, 0.05) is 6.54 Å². The molecule has 3 aromatic carbocycles. The minimum Gasteiger partial charge on any atom is -0.445 e. The number of carbonyl (C=O) groups excluding carboxylic acids is 3. The van der Waals surface area contributed by atoms with Crippen LogP contribution in [0.3, 0.4) is 0 Å². The summed E-state index contributed by atoms with van der Waals surface area (Å²) >= 11 is 0. The number of nitrogens with zero attached hydrogens (tertiary/aromatic N) is 1. The quantitative estimate of drug-likeness (QED) is 0.147. The van der Waals surface area contributed by atoms with Crippen LogP contribution < -0.4 is 16.0 Å². The maximum absolute atomic E-state index is 13.8. The Morgan fingerprint density at radius 1 is 0.680 bits per heavy atom. The van der Waals surface area contributed by atoms with Crippen LogP contribution in [0.25, 0.3) is 0 Å². The van der Waals surface area contributed by atoms with Gasteiger partial charge < -0.3 is 40.5 Å². The average Bonchev–Trinajstić information content (AvgIpc) is 3.05.